The Kier molecular flexibility index (Phi) is 13.9. The molecule has 0 bridgehead atoms. The summed E-state index contributed by atoms with van der Waals surface area (Å²) in [5.41, 5.74) is 3.64. The molecular weight excluding hydrogens is 435 g/mol. The molecule has 2 rings (SSSR count). The highest BCUT2D eigenvalue weighted by Gasteiger charge is 2.05. The minimum Gasteiger partial charge on any atom is -0.489 e. The summed E-state index contributed by atoms with van der Waals surface area (Å²) in [5, 5.41) is 6.83. The molecule has 0 atom stereocenters. The number of hydrogen-bond acceptors (Lipinski definition) is 3. The van der Waals surface area contributed by atoms with Gasteiger partial charge < -0.3 is 15.4 Å². The third-order valence-corrected chi connectivity index (χ3v) is 4.30. The van der Waals surface area contributed by atoms with Gasteiger partial charge in [0, 0.05) is 16.6 Å². The van der Waals surface area contributed by atoms with Crippen LogP contribution in [-0.2, 0) is 13.2 Å². The normalized spacial score (nSPS) is 9.96. The number of aryl methyl sites for hydroxylation is 1. The molecule has 3 nitrogen and oxygen atoms in total. The van der Waals surface area contributed by atoms with E-state index in [-0.39, 0.29) is 24.8 Å². The minimum absolute atomic E-state index is 0. The molecule has 0 aromatic heterocycles. The van der Waals surface area contributed by atoms with Crippen LogP contribution in [0, 0.1) is 6.92 Å². The van der Waals surface area contributed by atoms with Gasteiger partial charge in [0.15, 0.2) is 0 Å². The van der Waals surface area contributed by atoms with Gasteiger partial charge in [-0.05, 0) is 56.7 Å². The van der Waals surface area contributed by atoms with Crippen LogP contribution in [0.15, 0.2) is 46.9 Å². The van der Waals surface area contributed by atoms with Crippen molar-refractivity contribution in [3.8, 4) is 5.75 Å². The fraction of sp³-hybridized carbons (Fsp3) is 0.400. The van der Waals surface area contributed by atoms with Crippen molar-refractivity contribution in [1.29, 1.82) is 0 Å². The van der Waals surface area contributed by atoms with Crippen molar-refractivity contribution >= 4 is 40.7 Å². The highest BCUT2D eigenvalue weighted by atomic mass is 79.9. The van der Waals surface area contributed by atoms with E-state index in [2.05, 4.69) is 70.7 Å². The van der Waals surface area contributed by atoms with Crippen LogP contribution in [0.5, 0.6) is 5.75 Å². The molecule has 2 N–H and O–H groups in total. The summed E-state index contributed by atoms with van der Waals surface area (Å²) in [5.74, 6) is 0.943. The Morgan fingerprint density at radius 2 is 1.65 bits per heavy atom. The summed E-state index contributed by atoms with van der Waals surface area (Å²) in [4.78, 5) is 0. The van der Waals surface area contributed by atoms with Crippen LogP contribution in [0.4, 0.5) is 0 Å². The maximum absolute atomic E-state index is 6.04. The van der Waals surface area contributed by atoms with Crippen molar-refractivity contribution < 1.29 is 4.74 Å². The molecule has 0 aliphatic rings. The maximum Gasteiger partial charge on any atom is 0.124 e. The zero-order valence-electron chi connectivity index (χ0n) is 15.4. The van der Waals surface area contributed by atoms with E-state index in [1.54, 1.807) is 0 Å². The Morgan fingerprint density at radius 3 is 2.35 bits per heavy atom. The van der Waals surface area contributed by atoms with Crippen molar-refractivity contribution in [3.05, 3.63) is 63.6 Å². The SMILES string of the molecule is CCNCCCNCc1cc(Br)ccc1OCc1ccc(C)cc1.Cl.Cl. The van der Waals surface area contributed by atoms with Crippen LogP contribution in [0.1, 0.15) is 30.0 Å². The molecule has 146 valence electrons. The molecule has 0 heterocycles. The van der Waals surface area contributed by atoms with E-state index in [1.807, 2.05) is 12.1 Å². The molecule has 6 heteroatoms. The lowest BCUT2D eigenvalue weighted by Gasteiger charge is -2.13. The maximum atomic E-state index is 6.04. The second-order valence-electron chi connectivity index (χ2n) is 5.91. The first-order valence-electron chi connectivity index (χ1n) is 8.57. The second-order valence-corrected chi connectivity index (χ2v) is 6.83. The Morgan fingerprint density at radius 1 is 0.962 bits per heavy atom. The van der Waals surface area contributed by atoms with E-state index in [1.165, 1.54) is 16.7 Å². The minimum atomic E-state index is 0. The summed E-state index contributed by atoms with van der Waals surface area (Å²) in [6.07, 6.45) is 1.13. The van der Waals surface area contributed by atoms with Crippen molar-refractivity contribution in [2.45, 2.75) is 33.4 Å². The van der Waals surface area contributed by atoms with Crippen LogP contribution in [-0.4, -0.2) is 19.6 Å². The standard InChI is InChI=1S/C20H27BrN2O.2ClH/c1-3-22-11-4-12-23-14-18-13-19(21)9-10-20(18)24-15-17-7-5-16(2)6-8-17;;/h5-10,13,22-23H,3-4,11-12,14-15H2,1-2H3;2*1H. The van der Waals surface area contributed by atoms with Crippen molar-refractivity contribution in [3.63, 3.8) is 0 Å². The summed E-state index contributed by atoms with van der Waals surface area (Å²) in [7, 11) is 0. The average molecular weight is 464 g/mol. The third-order valence-electron chi connectivity index (χ3n) is 3.81. The predicted molar refractivity (Wildman–Crippen MR) is 119 cm³/mol. The predicted octanol–water partition coefficient (Wildman–Crippen LogP) is 5.27. The first-order valence-corrected chi connectivity index (χ1v) is 9.36. The van der Waals surface area contributed by atoms with Gasteiger partial charge >= 0.3 is 0 Å². The molecular formula is C20H29BrCl2N2O. The van der Waals surface area contributed by atoms with E-state index in [0.29, 0.717) is 6.61 Å². The molecule has 0 aliphatic carbocycles. The first-order chi connectivity index (χ1) is 11.7. The number of nitrogens with one attached hydrogen (secondary N) is 2. The molecule has 2 aromatic rings. The molecule has 2 aromatic carbocycles. The highest BCUT2D eigenvalue weighted by molar-refractivity contribution is 9.10. The van der Waals surface area contributed by atoms with E-state index < -0.39 is 0 Å². The fourth-order valence-corrected chi connectivity index (χ4v) is 2.82. The van der Waals surface area contributed by atoms with E-state index >= 15 is 0 Å². The van der Waals surface area contributed by atoms with Gasteiger partial charge in [-0.2, -0.15) is 0 Å². The van der Waals surface area contributed by atoms with Gasteiger partial charge in [-0.15, -0.1) is 24.8 Å². The number of hydrogen-bond donors (Lipinski definition) is 2. The number of benzene rings is 2. The van der Waals surface area contributed by atoms with E-state index in [0.717, 1.165) is 42.8 Å². The number of halogens is 3. The molecule has 0 amide bonds. The quantitative estimate of drug-likeness (QED) is 0.471. The molecule has 0 saturated carbocycles. The van der Waals surface area contributed by atoms with Gasteiger partial charge in [0.25, 0.3) is 0 Å². The van der Waals surface area contributed by atoms with Crippen LogP contribution < -0.4 is 15.4 Å². The summed E-state index contributed by atoms with van der Waals surface area (Å²) in [6.45, 7) is 8.72. The van der Waals surface area contributed by atoms with E-state index in [4.69, 9.17) is 4.74 Å². The average Bonchev–Trinajstić information content (AvgIpc) is 2.58. The van der Waals surface area contributed by atoms with Crippen molar-refractivity contribution in [2.24, 2.45) is 0 Å². The summed E-state index contributed by atoms with van der Waals surface area (Å²) >= 11 is 3.55. The Labute approximate surface area is 178 Å². The molecule has 0 aliphatic heterocycles. The molecule has 0 radical (unpaired) electrons. The van der Waals surface area contributed by atoms with E-state index in [9.17, 15) is 0 Å². The van der Waals surface area contributed by atoms with Crippen LogP contribution in [0.25, 0.3) is 0 Å². The Hall–Kier alpha value is -0.780. The molecule has 0 unspecified atom stereocenters. The summed E-state index contributed by atoms with van der Waals surface area (Å²) < 4.78 is 7.12. The van der Waals surface area contributed by atoms with Gasteiger partial charge in [-0.3, -0.25) is 0 Å². The Bertz CT molecular complexity index is 624. The number of ether oxygens (including phenoxy) is 1. The highest BCUT2D eigenvalue weighted by Crippen LogP contribution is 2.24. The van der Waals surface area contributed by atoms with Gasteiger partial charge in [0.2, 0.25) is 0 Å². The number of rotatable bonds is 10. The molecule has 0 saturated heterocycles. The molecule has 0 spiro atoms. The zero-order valence-corrected chi connectivity index (χ0v) is 18.6. The van der Waals surface area contributed by atoms with Gasteiger partial charge in [-0.25, -0.2) is 0 Å². The van der Waals surface area contributed by atoms with Gasteiger partial charge in [-0.1, -0.05) is 52.7 Å². The lowest BCUT2D eigenvalue weighted by Crippen LogP contribution is -2.21. The van der Waals surface area contributed by atoms with Crippen molar-refractivity contribution in [2.75, 3.05) is 19.6 Å². The molecule has 26 heavy (non-hydrogen) atoms. The molecule has 0 fully saturated rings. The van der Waals surface area contributed by atoms with Crippen molar-refractivity contribution in [1.82, 2.24) is 10.6 Å². The second kappa shape index (κ2) is 14.3. The smallest absolute Gasteiger partial charge is 0.124 e. The van der Waals surface area contributed by atoms with Crippen LogP contribution in [0.2, 0.25) is 0 Å². The topological polar surface area (TPSA) is 33.3 Å². The first kappa shape index (κ1) is 25.2. The lowest BCUT2D eigenvalue weighted by molar-refractivity contribution is 0.302. The Balaban J connectivity index is 0.00000312. The fourth-order valence-electron chi connectivity index (χ4n) is 2.41. The lowest BCUT2D eigenvalue weighted by atomic mass is 10.1. The monoisotopic (exact) mass is 462 g/mol. The largest absolute Gasteiger partial charge is 0.489 e. The third kappa shape index (κ3) is 9.24. The zero-order chi connectivity index (χ0) is 17.2. The summed E-state index contributed by atoms with van der Waals surface area (Å²) in [6, 6.07) is 14.7. The van der Waals surface area contributed by atoms with Crippen LogP contribution >= 0.6 is 40.7 Å². The van der Waals surface area contributed by atoms with Gasteiger partial charge in [0.1, 0.15) is 12.4 Å². The van der Waals surface area contributed by atoms with Crippen LogP contribution in [0.3, 0.4) is 0 Å². The van der Waals surface area contributed by atoms with Gasteiger partial charge in [0.05, 0.1) is 0 Å².